The van der Waals surface area contributed by atoms with E-state index in [0.717, 1.165) is 17.7 Å². The van der Waals surface area contributed by atoms with Gasteiger partial charge in [0.15, 0.2) is 5.13 Å². The highest BCUT2D eigenvalue weighted by Gasteiger charge is 2.13. The first-order valence-electron chi connectivity index (χ1n) is 7.75. The topological polar surface area (TPSA) is 68.0 Å². The van der Waals surface area contributed by atoms with Gasteiger partial charge in [-0.2, -0.15) is 0 Å². The minimum absolute atomic E-state index is 0.160. The van der Waals surface area contributed by atoms with Crippen LogP contribution in [0.25, 0.3) is 0 Å². The largest absolute Gasteiger partial charge is 0.322 e. The first kappa shape index (κ1) is 16.4. The number of carbonyl (C=O) groups is 1. The van der Waals surface area contributed by atoms with E-state index in [9.17, 15) is 4.79 Å². The summed E-state index contributed by atoms with van der Waals surface area (Å²) in [6, 6.07) is 17.3. The third-order valence-corrected chi connectivity index (χ3v) is 4.51. The smallest absolute Gasteiger partial charge is 0.257 e. The van der Waals surface area contributed by atoms with Crippen molar-refractivity contribution in [2.45, 2.75) is 19.4 Å². The van der Waals surface area contributed by atoms with Crippen molar-refractivity contribution in [2.24, 2.45) is 5.73 Å². The van der Waals surface area contributed by atoms with Gasteiger partial charge in [-0.1, -0.05) is 48.0 Å². The fourth-order valence-corrected chi connectivity index (χ4v) is 3.13. The SMILES string of the molecule is Cc1ccc(C(=O)Nc2nc(C(N)Cc3ccccc3)cs2)cc1. The Morgan fingerprint density at radius 3 is 2.58 bits per heavy atom. The molecule has 0 fully saturated rings. The highest BCUT2D eigenvalue weighted by molar-refractivity contribution is 7.14. The van der Waals surface area contributed by atoms with Gasteiger partial charge in [0.1, 0.15) is 0 Å². The van der Waals surface area contributed by atoms with Gasteiger partial charge in [-0.25, -0.2) is 4.98 Å². The molecule has 0 bridgehead atoms. The number of aromatic nitrogens is 1. The average molecular weight is 337 g/mol. The van der Waals surface area contributed by atoms with Crippen molar-refractivity contribution < 1.29 is 4.79 Å². The van der Waals surface area contributed by atoms with Crippen molar-refractivity contribution in [2.75, 3.05) is 5.32 Å². The van der Waals surface area contributed by atoms with Gasteiger partial charge in [0.05, 0.1) is 11.7 Å². The van der Waals surface area contributed by atoms with Crippen LogP contribution >= 0.6 is 11.3 Å². The minimum Gasteiger partial charge on any atom is -0.322 e. The fraction of sp³-hybridized carbons (Fsp3) is 0.158. The lowest BCUT2D eigenvalue weighted by Gasteiger charge is -2.08. The Balaban J connectivity index is 1.64. The molecule has 0 aliphatic carbocycles. The van der Waals surface area contributed by atoms with Gasteiger partial charge in [0.25, 0.3) is 5.91 Å². The van der Waals surface area contributed by atoms with Gasteiger partial charge >= 0.3 is 0 Å². The number of thiazole rings is 1. The highest BCUT2D eigenvalue weighted by Crippen LogP contribution is 2.22. The molecule has 5 heteroatoms. The van der Waals surface area contributed by atoms with Crippen molar-refractivity contribution in [1.82, 2.24) is 4.98 Å². The van der Waals surface area contributed by atoms with Gasteiger partial charge < -0.3 is 5.73 Å². The quantitative estimate of drug-likeness (QED) is 0.741. The van der Waals surface area contributed by atoms with Gasteiger partial charge in [-0.05, 0) is 31.0 Å². The summed E-state index contributed by atoms with van der Waals surface area (Å²) < 4.78 is 0. The number of nitrogens with zero attached hydrogens (tertiary/aromatic N) is 1. The Morgan fingerprint density at radius 2 is 1.88 bits per heavy atom. The number of hydrogen-bond acceptors (Lipinski definition) is 4. The van der Waals surface area contributed by atoms with Crippen LogP contribution in [-0.4, -0.2) is 10.9 Å². The summed E-state index contributed by atoms with van der Waals surface area (Å²) in [4.78, 5) is 16.7. The third-order valence-electron chi connectivity index (χ3n) is 3.73. The maximum absolute atomic E-state index is 12.2. The zero-order chi connectivity index (χ0) is 16.9. The van der Waals surface area contributed by atoms with E-state index in [0.29, 0.717) is 10.7 Å². The highest BCUT2D eigenvalue weighted by atomic mass is 32.1. The van der Waals surface area contributed by atoms with Crippen LogP contribution in [0.2, 0.25) is 0 Å². The number of nitrogens with two attached hydrogens (primary N) is 1. The van der Waals surface area contributed by atoms with E-state index in [4.69, 9.17) is 5.73 Å². The molecule has 0 aliphatic heterocycles. The summed E-state index contributed by atoms with van der Waals surface area (Å²) >= 11 is 1.39. The second kappa shape index (κ2) is 7.38. The number of nitrogens with one attached hydrogen (secondary N) is 1. The summed E-state index contributed by atoms with van der Waals surface area (Å²) in [5, 5.41) is 5.30. The molecule has 3 N–H and O–H groups in total. The van der Waals surface area contributed by atoms with Crippen LogP contribution in [0.15, 0.2) is 60.0 Å². The molecule has 0 radical (unpaired) electrons. The summed E-state index contributed by atoms with van der Waals surface area (Å²) in [5.41, 5.74) is 9.93. The van der Waals surface area contributed by atoms with Crippen molar-refractivity contribution in [3.63, 3.8) is 0 Å². The molecule has 0 saturated heterocycles. The second-order valence-corrected chi connectivity index (χ2v) is 6.55. The van der Waals surface area contributed by atoms with E-state index < -0.39 is 0 Å². The molecule has 0 saturated carbocycles. The number of aryl methyl sites for hydroxylation is 1. The molecular weight excluding hydrogens is 318 g/mol. The molecule has 0 aliphatic rings. The summed E-state index contributed by atoms with van der Waals surface area (Å²) in [7, 11) is 0. The molecule has 1 heterocycles. The Kier molecular flexibility index (Phi) is 5.03. The normalized spacial score (nSPS) is 11.9. The van der Waals surface area contributed by atoms with E-state index >= 15 is 0 Å². The van der Waals surface area contributed by atoms with Crippen LogP contribution in [-0.2, 0) is 6.42 Å². The fourth-order valence-electron chi connectivity index (χ4n) is 2.36. The predicted molar refractivity (Wildman–Crippen MR) is 98.3 cm³/mol. The standard InChI is InChI=1S/C19H19N3OS/c1-13-7-9-15(10-8-13)18(23)22-19-21-17(12-24-19)16(20)11-14-5-3-2-4-6-14/h2-10,12,16H,11,20H2,1H3,(H,21,22,23). The van der Waals surface area contributed by atoms with Crippen molar-refractivity contribution in [1.29, 1.82) is 0 Å². The van der Waals surface area contributed by atoms with E-state index in [1.807, 2.05) is 54.8 Å². The van der Waals surface area contributed by atoms with Gasteiger partial charge in [-0.15, -0.1) is 11.3 Å². The number of hydrogen-bond donors (Lipinski definition) is 2. The molecule has 122 valence electrons. The van der Waals surface area contributed by atoms with Crippen LogP contribution in [0.4, 0.5) is 5.13 Å². The van der Waals surface area contributed by atoms with Crippen molar-refractivity contribution in [3.8, 4) is 0 Å². The molecule has 3 aromatic rings. The minimum atomic E-state index is -0.186. The van der Waals surface area contributed by atoms with E-state index in [1.165, 1.54) is 16.9 Å². The van der Waals surface area contributed by atoms with Crippen LogP contribution in [0.3, 0.4) is 0 Å². The molecule has 24 heavy (non-hydrogen) atoms. The number of benzene rings is 2. The Labute approximate surface area is 145 Å². The summed E-state index contributed by atoms with van der Waals surface area (Å²) in [6.45, 7) is 1.99. The monoisotopic (exact) mass is 337 g/mol. The molecule has 3 rings (SSSR count). The molecule has 1 amide bonds. The Bertz CT molecular complexity index is 812. The van der Waals surface area contributed by atoms with Gasteiger partial charge in [-0.3, -0.25) is 10.1 Å². The first-order valence-corrected chi connectivity index (χ1v) is 8.63. The summed E-state index contributed by atoms with van der Waals surface area (Å²) in [6.07, 6.45) is 0.718. The first-order chi connectivity index (χ1) is 11.6. The molecular formula is C19H19N3OS. The maximum atomic E-state index is 12.2. The molecule has 1 unspecified atom stereocenters. The van der Waals surface area contributed by atoms with Crippen LogP contribution in [0.5, 0.6) is 0 Å². The molecule has 0 spiro atoms. The predicted octanol–water partition coefficient (Wildman–Crippen LogP) is 3.95. The zero-order valence-corrected chi connectivity index (χ0v) is 14.2. The summed E-state index contributed by atoms with van der Waals surface area (Å²) in [5.74, 6) is -0.160. The zero-order valence-electron chi connectivity index (χ0n) is 13.4. The van der Waals surface area contributed by atoms with Crippen LogP contribution in [0, 0.1) is 6.92 Å². The Morgan fingerprint density at radius 1 is 1.17 bits per heavy atom. The number of amides is 1. The van der Waals surface area contributed by atoms with Crippen molar-refractivity contribution >= 4 is 22.4 Å². The average Bonchev–Trinajstić information content (AvgIpc) is 3.05. The number of rotatable bonds is 5. The molecule has 2 aromatic carbocycles. The lowest BCUT2D eigenvalue weighted by molar-refractivity contribution is 0.102. The van der Waals surface area contributed by atoms with Gasteiger partial charge in [0.2, 0.25) is 0 Å². The van der Waals surface area contributed by atoms with E-state index in [2.05, 4.69) is 10.3 Å². The van der Waals surface area contributed by atoms with E-state index in [-0.39, 0.29) is 11.9 Å². The molecule has 4 nitrogen and oxygen atoms in total. The Hall–Kier alpha value is -2.50. The second-order valence-electron chi connectivity index (χ2n) is 5.69. The molecule has 1 atom stereocenters. The van der Waals surface area contributed by atoms with Crippen molar-refractivity contribution in [3.05, 3.63) is 82.4 Å². The lowest BCUT2D eigenvalue weighted by Crippen LogP contribution is -2.15. The maximum Gasteiger partial charge on any atom is 0.257 e. The van der Waals surface area contributed by atoms with Gasteiger partial charge in [0, 0.05) is 10.9 Å². The van der Waals surface area contributed by atoms with Crippen LogP contribution < -0.4 is 11.1 Å². The third kappa shape index (κ3) is 4.07. The van der Waals surface area contributed by atoms with E-state index in [1.54, 1.807) is 12.1 Å². The number of anilines is 1. The van der Waals surface area contributed by atoms with Crippen LogP contribution in [0.1, 0.15) is 33.2 Å². The lowest BCUT2D eigenvalue weighted by atomic mass is 10.1. The molecule has 1 aromatic heterocycles. The number of carbonyl (C=O) groups excluding carboxylic acids is 1.